The largest absolute Gasteiger partial charge is 0.335 e. The minimum absolute atomic E-state index is 0.147. The van der Waals surface area contributed by atoms with E-state index >= 15 is 0 Å². The highest BCUT2D eigenvalue weighted by atomic mass is 16.7. The van der Waals surface area contributed by atoms with Gasteiger partial charge >= 0.3 is 5.97 Å². The van der Waals surface area contributed by atoms with Crippen molar-refractivity contribution in [1.82, 2.24) is 0 Å². The van der Waals surface area contributed by atoms with E-state index in [1.165, 1.54) is 0 Å². The maximum atomic E-state index is 12.7. The van der Waals surface area contributed by atoms with Crippen molar-refractivity contribution in [2.45, 2.75) is 19.8 Å². The highest BCUT2D eigenvalue weighted by Gasteiger charge is 2.35. The number of fused-ring (bicyclic) bond motifs is 1. The number of anilines is 2. The smallest absolute Gasteiger partial charge is 0.317 e. The van der Waals surface area contributed by atoms with Crippen LogP contribution < -0.4 is 4.90 Å². The SMILES string of the molecule is CCCC(=O)O/N=C1/C(=O)N(c2ccccc2)c2ccccc21. The van der Waals surface area contributed by atoms with Gasteiger partial charge in [0.25, 0.3) is 5.91 Å². The summed E-state index contributed by atoms with van der Waals surface area (Å²) in [5.41, 5.74) is 2.28. The third kappa shape index (κ3) is 2.85. The van der Waals surface area contributed by atoms with Gasteiger partial charge in [-0.2, -0.15) is 0 Å². The number of hydrogen-bond donors (Lipinski definition) is 0. The number of oxime groups is 1. The van der Waals surface area contributed by atoms with E-state index in [1.54, 1.807) is 11.0 Å². The van der Waals surface area contributed by atoms with Gasteiger partial charge in [0, 0.05) is 17.7 Å². The molecule has 2 aromatic carbocycles. The van der Waals surface area contributed by atoms with Crippen molar-refractivity contribution in [2.75, 3.05) is 4.90 Å². The zero-order valence-electron chi connectivity index (χ0n) is 12.7. The summed E-state index contributed by atoms with van der Waals surface area (Å²) in [6.45, 7) is 1.88. The average Bonchev–Trinajstić information content (AvgIpc) is 2.85. The van der Waals surface area contributed by atoms with E-state index in [9.17, 15) is 9.59 Å². The van der Waals surface area contributed by atoms with Gasteiger partial charge in [0.1, 0.15) is 0 Å². The summed E-state index contributed by atoms with van der Waals surface area (Å²) in [6, 6.07) is 16.6. The van der Waals surface area contributed by atoms with E-state index in [1.807, 2.05) is 55.5 Å². The number of carbonyl (C=O) groups is 2. The van der Waals surface area contributed by atoms with Gasteiger partial charge in [-0.05, 0) is 24.6 Å². The lowest BCUT2D eigenvalue weighted by molar-refractivity contribution is -0.143. The highest BCUT2D eigenvalue weighted by Crippen LogP contribution is 2.35. The molecule has 23 heavy (non-hydrogen) atoms. The van der Waals surface area contributed by atoms with Crippen molar-refractivity contribution >= 4 is 29.0 Å². The monoisotopic (exact) mass is 308 g/mol. The topological polar surface area (TPSA) is 59.0 Å². The number of para-hydroxylation sites is 2. The maximum absolute atomic E-state index is 12.7. The fraction of sp³-hybridized carbons (Fsp3) is 0.167. The van der Waals surface area contributed by atoms with Crippen LogP contribution in [-0.2, 0) is 14.4 Å². The molecule has 0 saturated carbocycles. The summed E-state index contributed by atoms with van der Waals surface area (Å²) in [5.74, 6) is -0.745. The Balaban J connectivity index is 1.99. The first kappa shape index (κ1) is 15.0. The van der Waals surface area contributed by atoms with Crippen molar-refractivity contribution in [3.05, 3.63) is 60.2 Å². The molecule has 1 aliphatic rings. The molecule has 0 N–H and O–H groups in total. The molecule has 0 aliphatic carbocycles. The third-order valence-electron chi connectivity index (χ3n) is 3.51. The number of hydrogen-bond acceptors (Lipinski definition) is 4. The van der Waals surface area contributed by atoms with Gasteiger partial charge in [-0.1, -0.05) is 48.5 Å². The molecular formula is C18H16N2O3. The molecule has 116 valence electrons. The predicted octanol–water partition coefficient (Wildman–Crippen LogP) is 3.41. The minimum atomic E-state index is -0.441. The second-order valence-corrected chi connectivity index (χ2v) is 5.15. The molecule has 5 heteroatoms. The van der Waals surface area contributed by atoms with E-state index in [0.29, 0.717) is 12.0 Å². The Morgan fingerprint density at radius 1 is 1.09 bits per heavy atom. The number of benzene rings is 2. The first-order chi connectivity index (χ1) is 11.2. The standard InChI is InChI=1S/C18H16N2O3/c1-2-8-16(21)23-19-17-14-11-6-7-12-15(14)20(18(17)22)13-9-4-3-5-10-13/h3-7,9-12H,2,8H2,1H3/b19-17+. The van der Waals surface area contributed by atoms with Crippen molar-refractivity contribution in [3.8, 4) is 0 Å². The molecule has 2 aromatic rings. The van der Waals surface area contributed by atoms with E-state index < -0.39 is 5.97 Å². The molecule has 1 amide bonds. The quantitative estimate of drug-likeness (QED) is 0.642. The Bertz CT molecular complexity index is 769. The van der Waals surface area contributed by atoms with Crippen LogP contribution in [0.4, 0.5) is 11.4 Å². The van der Waals surface area contributed by atoms with Crippen LogP contribution >= 0.6 is 0 Å². The molecule has 0 radical (unpaired) electrons. The molecule has 0 aromatic heterocycles. The Labute approximate surface area is 134 Å². The number of rotatable bonds is 4. The molecule has 1 heterocycles. The van der Waals surface area contributed by atoms with Gasteiger partial charge in [0.15, 0.2) is 5.71 Å². The normalized spacial score (nSPS) is 14.9. The van der Waals surface area contributed by atoms with Crippen LogP contribution in [0.25, 0.3) is 0 Å². The summed E-state index contributed by atoms with van der Waals surface area (Å²) in [4.78, 5) is 30.7. The minimum Gasteiger partial charge on any atom is -0.317 e. The summed E-state index contributed by atoms with van der Waals surface area (Å²) in [7, 11) is 0. The molecule has 0 fully saturated rings. The number of amides is 1. The summed E-state index contributed by atoms with van der Waals surface area (Å²) in [5, 5.41) is 3.82. The Morgan fingerprint density at radius 3 is 2.52 bits per heavy atom. The summed E-state index contributed by atoms with van der Waals surface area (Å²) in [6.07, 6.45) is 0.944. The van der Waals surface area contributed by atoms with Crippen molar-refractivity contribution in [3.63, 3.8) is 0 Å². The molecule has 0 bridgehead atoms. The molecule has 5 nitrogen and oxygen atoms in total. The molecular weight excluding hydrogens is 292 g/mol. The Hall–Kier alpha value is -2.95. The lowest BCUT2D eigenvalue weighted by atomic mass is 10.1. The van der Waals surface area contributed by atoms with Crippen molar-refractivity contribution in [1.29, 1.82) is 0 Å². The highest BCUT2D eigenvalue weighted by molar-refractivity contribution is 6.55. The van der Waals surface area contributed by atoms with Crippen LogP contribution in [0.1, 0.15) is 25.3 Å². The van der Waals surface area contributed by atoms with Gasteiger partial charge in [-0.15, -0.1) is 0 Å². The van der Waals surface area contributed by atoms with Crippen LogP contribution in [0.5, 0.6) is 0 Å². The summed E-state index contributed by atoms with van der Waals surface area (Å²) >= 11 is 0. The van der Waals surface area contributed by atoms with Crippen LogP contribution in [0.2, 0.25) is 0 Å². The zero-order valence-corrected chi connectivity index (χ0v) is 12.7. The number of nitrogens with zero attached hydrogens (tertiary/aromatic N) is 2. The van der Waals surface area contributed by atoms with Gasteiger partial charge in [-0.25, -0.2) is 4.79 Å². The molecule has 0 spiro atoms. The first-order valence-electron chi connectivity index (χ1n) is 7.49. The van der Waals surface area contributed by atoms with Gasteiger partial charge < -0.3 is 4.84 Å². The van der Waals surface area contributed by atoms with Gasteiger partial charge in [-0.3, -0.25) is 9.69 Å². The Morgan fingerprint density at radius 2 is 1.78 bits per heavy atom. The first-order valence-corrected chi connectivity index (χ1v) is 7.49. The lowest BCUT2D eigenvalue weighted by Gasteiger charge is -2.16. The molecule has 0 unspecified atom stereocenters. The predicted molar refractivity (Wildman–Crippen MR) is 87.6 cm³/mol. The fourth-order valence-electron chi connectivity index (χ4n) is 2.47. The lowest BCUT2D eigenvalue weighted by Crippen LogP contribution is -2.25. The van der Waals surface area contributed by atoms with E-state index in [0.717, 1.165) is 11.4 Å². The van der Waals surface area contributed by atoms with Crippen molar-refractivity contribution < 1.29 is 14.4 Å². The van der Waals surface area contributed by atoms with Crippen LogP contribution in [0.15, 0.2) is 59.8 Å². The fourth-order valence-corrected chi connectivity index (χ4v) is 2.47. The second kappa shape index (κ2) is 6.44. The number of carbonyl (C=O) groups excluding carboxylic acids is 2. The molecule has 3 rings (SSSR count). The van der Waals surface area contributed by atoms with Crippen LogP contribution in [-0.4, -0.2) is 17.6 Å². The van der Waals surface area contributed by atoms with E-state index in [-0.39, 0.29) is 18.0 Å². The van der Waals surface area contributed by atoms with E-state index in [2.05, 4.69) is 5.16 Å². The molecule has 1 aliphatic heterocycles. The summed E-state index contributed by atoms with van der Waals surface area (Å²) < 4.78 is 0. The third-order valence-corrected chi connectivity index (χ3v) is 3.51. The second-order valence-electron chi connectivity index (χ2n) is 5.15. The van der Waals surface area contributed by atoms with Crippen LogP contribution in [0.3, 0.4) is 0 Å². The van der Waals surface area contributed by atoms with Crippen LogP contribution in [0, 0.1) is 0 Å². The van der Waals surface area contributed by atoms with Crippen molar-refractivity contribution in [2.24, 2.45) is 5.16 Å². The average molecular weight is 308 g/mol. The zero-order chi connectivity index (χ0) is 16.2. The van der Waals surface area contributed by atoms with Gasteiger partial charge in [0.05, 0.1) is 5.69 Å². The van der Waals surface area contributed by atoms with Gasteiger partial charge in [0.2, 0.25) is 0 Å². The molecule has 0 atom stereocenters. The Kier molecular flexibility index (Phi) is 4.19. The molecule has 0 saturated heterocycles. The maximum Gasteiger partial charge on any atom is 0.335 e. The van der Waals surface area contributed by atoms with E-state index in [4.69, 9.17) is 4.84 Å².